The molecular formula is C16H21N5O. The third-order valence-corrected chi connectivity index (χ3v) is 4.06. The van der Waals surface area contributed by atoms with Crippen LogP contribution in [-0.2, 0) is 0 Å². The van der Waals surface area contributed by atoms with Crippen molar-refractivity contribution in [2.24, 2.45) is 0 Å². The van der Waals surface area contributed by atoms with E-state index in [2.05, 4.69) is 27.1 Å². The summed E-state index contributed by atoms with van der Waals surface area (Å²) in [5, 5.41) is 3.14. The number of nitrogens with one attached hydrogen (secondary N) is 1. The summed E-state index contributed by atoms with van der Waals surface area (Å²) in [5.41, 5.74) is 0.632. The number of hydrogen-bond donors (Lipinski definition) is 1. The Morgan fingerprint density at radius 2 is 2.36 bits per heavy atom. The van der Waals surface area contributed by atoms with Crippen LogP contribution >= 0.6 is 0 Å². The maximum absolute atomic E-state index is 12.4. The van der Waals surface area contributed by atoms with E-state index in [0.717, 1.165) is 32.5 Å². The molecule has 116 valence electrons. The zero-order chi connectivity index (χ0) is 15.4. The van der Waals surface area contributed by atoms with Crippen LogP contribution in [0.1, 0.15) is 30.1 Å². The molecule has 2 aromatic rings. The van der Waals surface area contributed by atoms with E-state index in [4.69, 9.17) is 0 Å². The molecule has 3 heterocycles. The van der Waals surface area contributed by atoms with Gasteiger partial charge in [0.2, 0.25) is 0 Å². The van der Waals surface area contributed by atoms with Crippen molar-refractivity contribution in [3.8, 4) is 5.82 Å². The zero-order valence-corrected chi connectivity index (χ0v) is 12.8. The smallest absolute Gasteiger partial charge is 0.251 e. The molecule has 0 saturated carbocycles. The monoisotopic (exact) mass is 299 g/mol. The van der Waals surface area contributed by atoms with Gasteiger partial charge in [0.15, 0.2) is 0 Å². The van der Waals surface area contributed by atoms with Gasteiger partial charge in [-0.05, 0) is 38.1 Å². The molecule has 3 rings (SSSR count). The van der Waals surface area contributed by atoms with Crippen LogP contribution in [0.2, 0.25) is 0 Å². The number of amides is 1. The molecule has 1 atom stereocenters. The SMILES string of the molecule is CCN1CCC[C@@H](NC(=O)c2ccnc(-n3ccnc3)c2)C1. The third-order valence-electron chi connectivity index (χ3n) is 4.06. The molecule has 0 spiro atoms. The van der Waals surface area contributed by atoms with Crippen LogP contribution in [0, 0.1) is 0 Å². The van der Waals surface area contributed by atoms with Crippen molar-refractivity contribution in [2.75, 3.05) is 19.6 Å². The minimum absolute atomic E-state index is 0.0354. The Kier molecular flexibility index (Phi) is 4.48. The summed E-state index contributed by atoms with van der Waals surface area (Å²) in [6, 6.07) is 3.76. The molecule has 22 heavy (non-hydrogen) atoms. The van der Waals surface area contributed by atoms with Gasteiger partial charge in [-0.2, -0.15) is 0 Å². The molecule has 0 unspecified atom stereocenters. The molecule has 1 fully saturated rings. The number of likely N-dealkylation sites (tertiary alicyclic amines) is 1. The number of imidazole rings is 1. The van der Waals surface area contributed by atoms with E-state index in [9.17, 15) is 4.79 Å². The fourth-order valence-corrected chi connectivity index (χ4v) is 2.82. The number of aromatic nitrogens is 3. The highest BCUT2D eigenvalue weighted by molar-refractivity contribution is 5.94. The van der Waals surface area contributed by atoms with Gasteiger partial charge in [-0.3, -0.25) is 9.36 Å². The second kappa shape index (κ2) is 6.70. The fourth-order valence-electron chi connectivity index (χ4n) is 2.82. The second-order valence-electron chi connectivity index (χ2n) is 5.58. The molecule has 1 aliphatic rings. The van der Waals surface area contributed by atoms with Crippen LogP contribution in [0.15, 0.2) is 37.1 Å². The molecule has 1 saturated heterocycles. The maximum Gasteiger partial charge on any atom is 0.251 e. The molecular weight excluding hydrogens is 278 g/mol. The van der Waals surface area contributed by atoms with Crippen molar-refractivity contribution in [2.45, 2.75) is 25.8 Å². The molecule has 6 nitrogen and oxygen atoms in total. The molecule has 1 amide bonds. The molecule has 1 N–H and O–H groups in total. The van der Waals surface area contributed by atoms with Crippen molar-refractivity contribution in [1.82, 2.24) is 24.8 Å². The van der Waals surface area contributed by atoms with Crippen molar-refractivity contribution in [3.05, 3.63) is 42.6 Å². The fraction of sp³-hybridized carbons (Fsp3) is 0.438. The molecule has 0 aliphatic carbocycles. The van der Waals surface area contributed by atoms with Gasteiger partial charge >= 0.3 is 0 Å². The average molecular weight is 299 g/mol. The van der Waals surface area contributed by atoms with Crippen molar-refractivity contribution in [1.29, 1.82) is 0 Å². The lowest BCUT2D eigenvalue weighted by atomic mass is 10.1. The standard InChI is InChI=1S/C16H21N5O/c1-2-20-8-3-4-14(11-20)19-16(22)13-5-6-18-15(10-13)21-9-7-17-12-21/h5-7,9-10,12,14H,2-4,8,11H2,1H3,(H,19,22)/t14-/m1/s1. The summed E-state index contributed by atoms with van der Waals surface area (Å²) < 4.78 is 1.79. The minimum Gasteiger partial charge on any atom is -0.348 e. The van der Waals surface area contributed by atoms with Crippen molar-refractivity contribution in [3.63, 3.8) is 0 Å². The van der Waals surface area contributed by atoms with Gasteiger partial charge in [-0.15, -0.1) is 0 Å². The average Bonchev–Trinajstić information content (AvgIpc) is 3.09. The van der Waals surface area contributed by atoms with Gasteiger partial charge in [0.25, 0.3) is 5.91 Å². The summed E-state index contributed by atoms with van der Waals surface area (Å²) in [7, 11) is 0. The number of hydrogen-bond acceptors (Lipinski definition) is 4. The Balaban J connectivity index is 1.68. The molecule has 0 aromatic carbocycles. The van der Waals surface area contributed by atoms with Gasteiger partial charge in [0.05, 0.1) is 0 Å². The van der Waals surface area contributed by atoms with E-state index in [1.165, 1.54) is 0 Å². The predicted molar refractivity (Wildman–Crippen MR) is 84.0 cm³/mol. The first kappa shape index (κ1) is 14.7. The number of carbonyl (C=O) groups is 1. The van der Waals surface area contributed by atoms with E-state index < -0.39 is 0 Å². The third kappa shape index (κ3) is 3.33. The summed E-state index contributed by atoms with van der Waals surface area (Å²) in [4.78, 5) is 23.1. The predicted octanol–water partition coefficient (Wildman–Crippen LogP) is 1.48. The molecule has 6 heteroatoms. The Morgan fingerprint density at radius 3 is 3.14 bits per heavy atom. The number of piperidine rings is 1. The number of nitrogens with zero attached hydrogens (tertiary/aromatic N) is 4. The normalized spacial score (nSPS) is 19.0. The minimum atomic E-state index is -0.0354. The van der Waals surface area contributed by atoms with Gasteiger partial charge < -0.3 is 10.2 Å². The van der Waals surface area contributed by atoms with Gasteiger partial charge in [0.1, 0.15) is 12.1 Å². The van der Waals surface area contributed by atoms with Crippen LogP contribution in [0.25, 0.3) is 5.82 Å². The second-order valence-corrected chi connectivity index (χ2v) is 5.58. The van der Waals surface area contributed by atoms with E-state index in [-0.39, 0.29) is 11.9 Å². The lowest BCUT2D eigenvalue weighted by molar-refractivity contribution is 0.0905. The highest BCUT2D eigenvalue weighted by Gasteiger charge is 2.21. The maximum atomic E-state index is 12.4. The van der Waals surface area contributed by atoms with Crippen LogP contribution in [0.3, 0.4) is 0 Å². The first-order valence-corrected chi connectivity index (χ1v) is 7.74. The Labute approximate surface area is 130 Å². The number of carbonyl (C=O) groups excluding carboxylic acids is 1. The molecule has 2 aromatic heterocycles. The van der Waals surface area contributed by atoms with Gasteiger partial charge in [-0.1, -0.05) is 6.92 Å². The lowest BCUT2D eigenvalue weighted by Gasteiger charge is -2.32. The van der Waals surface area contributed by atoms with Crippen molar-refractivity contribution >= 4 is 5.91 Å². The summed E-state index contributed by atoms with van der Waals surface area (Å²) in [5.74, 6) is 0.663. The summed E-state index contributed by atoms with van der Waals surface area (Å²) in [6.45, 7) is 5.25. The topological polar surface area (TPSA) is 63.1 Å². The van der Waals surface area contributed by atoms with Crippen LogP contribution in [-0.4, -0.2) is 51.0 Å². The van der Waals surface area contributed by atoms with Crippen LogP contribution < -0.4 is 5.32 Å². The highest BCUT2D eigenvalue weighted by atomic mass is 16.1. The largest absolute Gasteiger partial charge is 0.348 e. The van der Waals surface area contributed by atoms with E-state index in [1.807, 2.05) is 6.20 Å². The number of rotatable bonds is 4. The Bertz CT molecular complexity index is 625. The quantitative estimate of drug-likeness (QED) is 0.929. The number of likely N-dealkylation sites (N-methyl/N-ethyl adjacent to an activating group) is 1. The highest BCUT2D eigenvalue weighted by Crippen LogP contribution is 2.12. The molecule has 1 aliphatic heterocycles. The first-order chi connectivity index (χ1) is 10.8. The molecule has 0 radical (unpaired) electrons. The van der Waals surface area contributed by atoms with Gasteiger partial charge in [-0.25, -0.2) is 9.97 Å². The lowest BCUT2D eigenvalue weighted by Crippen LogP contribution is -2.47. The summed E-state index contributed by atoms with van der Waals surface area (Å²) in [6.07, 6.45) is 9.00. The number of pyridine rings is 1. The van der Waals surface area contributed by atoms with Crippen LogP contribution in [0.5, 0.6) is 0 Å². The van der Waals surface area contributed by atoms with Crippen LogP contribution in [0.4, 0.5) is 0 Å². The Morgan fingerprint density at radius 1 is 1.45 bits per heavy atom. The van der Waals surface area contributed by atoms with E-state index in [0.29, 0.717) is 11.4 Å². The molecule has 0 bridgehead atoms. The Hall–Kier alpha value is -2.21. The zero-order valence-electron chi connectivity index (χ0n) is 12.8. The first-order valence-electron chi connectivity index (χ1n) is 7.74. The van der Waals surface area contributed by atoms with Crippen molar-refractivity contribution < 1.29 is 4.79 Å². The summed E-state index contributed by atoms with van der Waals surface area (Å²) >= 11 is 0. The van der Waals surface area contributed by atoms with Gasteiger partial charge in [0, 0.05) is 36.7 Å². The van der Waals surface area contributed by atoms with E-state index in [1.54, 1.807) is 35.4 Å². The van der Waals surface area contributed by atoms with E-state index >= 15 is 0 Å².